The Kier molecular flexibility index (Phi) is 5.38. The van der Waals surface area contributed by atoms with Crippen molar-refractivity contribution in [1.82, 2.24) is 14.9 Å². The minimum Gasteiger partial charge on any atom is -0.350 e. The first-order valence-electron chi connectivity index (χ1n) is 9.71. The first-order valence-corrected chi connectivity index (χ1v) is 10.9. The first-order chi connectivity index (χ1) is 14.3. The molecule has 4 rings (SSSR count). The second-order valence-corrected chi connectivity index (χ2v) is 9.03. The second kappa shape index (κ2) is 7.85. The number of rotatable bonds is 4. The number of carbonyl (C=O) groups is 2. The lowest BCUT2D eigenvalue weighted by Crippen LogP contribution is -2.31. The summed E-state index contributed by atoms with van der Waals surface area (Å²) < 4.78 is 1.69. The van der Waals surface area contributed by atoms with Crippen LogP contribution in [0.25, 0.3) is 10.2 Å². The second-order valence-electron chi connectivity index (χ2n) is 7.60. The van der Waals surface area contributed by atoms with Crippen LogP contribution in [0, 0.1) is 6.92 Å². The molecule has 3 aromatic rings. The third kappa shape index (κ3) is 3.61. The summed E-state index contributed by atoms with van der Waals surface area (Å²) in [6.45, 7) is 6.12. The molecule has 0 unspecified atom stereocenters. The summed E-state index contributed by atoms with van der Waals surface area (Å²) in [7, 11) is 0. The van der Waals surface area contributed by atoms with Crippen molar-refractivity contribution < 1.29 is 9.59 Å². The molecule has 1 aliphatic heterocycles. The van der Waals surface area contributed by atoms with E-state index in [1.165, 1.54) is 11.3 Å². The van der Waals surface area contributed by atoms with Crippen LogP contribution in [0.1, 0.15) is 51.7 Å². The number of thiophene rings is 1. The molecule has 0 spiro atoms. The van der Waals surface area contributed by atoms with Gasteiger partial charge in [0.15, 0.2) is 0 Å². The van der Waals surface area contributed by atoms with Gasteiger partial charge in [-0.15, -0.1) is 11.3 Å². The minimum absolute atomic E-state index is 0.0532. The summed E-state index contributed by atoms with van der Waals surface area (Å²) >= 11 is 7.29. The molecule has 0 bridgehead atoms. The maximum atomic E-state index is 13.1. The van der Waals surface area contributed by atoms with Gasteiger partial charge in [-0.25, -0.2) is 4.98 Å². The Morgan fingerprint density at radius 3 is 2.77 bits per heavy atom. The zero-order valence-corrected chi connectivity index (χ0v) is 18.4. The highest BCUT2D eigenvalue weighted by atomic mass is 35.5. The van der Waals surface area contributed by atoms with Crippen molar-refractivity contribution in [3.8, 4) is 0 Å². The van der Waals surface area contributed by atoms with Gasteiger partial charge < -0.3 is 10.6 Å². The molecule has 1 aliphatic rings. The summed E-state index contributed by atoms with van der Waals surface area (Å²) in [5.74, 6) is 0.0606. The highest BCUT2D eigenvalue weighted by Crippen LogP contribution is 2.30. The van der Waals surface area contributed by atoms with Gasteiger partial charge in [-0.3, -0.25) is 19.0 Å². The van der Waals surface area contributed by atoms with Crippen LogP contribution >= 0.6 is 22.9 Å². The molecule has 0 radical (unpaired) electrons. The van der Waals surface area contributed by atoms with Crippen molar-refractivity contribution in [2.75, 3.05) is 5.32 Å². The maximum absolute atomic E-state index is 13.1. The number of hydrogen-bond donors (Lipinski definition) is 2. The average molecular weight is 445 g/mol. The van der Waals surface area contributed by atoms with E-state index < -0.39 is 5.91 Å². The molecule has 2 N–H and O–H groups in total. The molecule has 2 amide bonds. The molecule has 156 valence electrons. The van der Waals surface area contributed by atoms with Gasteiger partial charge in [0.25, 0.3) is 17.4 Å². The number of amides is 2. The van der Waals surface area contributed by atoms with Gasteiger partial charge in [-0.1, -0.05) is 11.6 Å². The van der Waals surface area contributed by atoms with Crippen molar-refractivity contribution in [3.63, 3.8) is 0 Å². The molecule has 0 saturated heterocycles. The Balaban J connectivity index is 1.72. The molecule has 0 atom stereocenters. The highest BCUT2D eigenvalue weighted by Gasteiger charge is 2.24. The van der Waals surface area contributed by atoms with E-state index in [-0.39, 0.29) is 17.5 Å². The summed E-state index contributed by atoms with van der Waals surface area (Å²) in [5, 5.41) is 6.49. The summed E-state index contributed by atoms with van der Waals surface area (Å²) in [5.41, 5.74) is 1.13. The Morgan fingerprint density at radius 2 is 2.03 bits per heavy atom. The van der Waals surface area contributed by atoms with E-state index in [0.717, 1.165) is 18.7 Å². The van der Waals surface area contributed by atoms with Gasteiger partial charge in [0.05, 0.1) is 21.5 Å². The number of carbonyl (C=O) groups excluding carboxylic acids is 2. The van der Waals surface area contributed by atoms with Crippen LogP contribution in [-0.4, -0.2) is 27.4 Å². The number of hydrogen-bond acceptors (Lipinski definition) is 5. The number of anilines is 1. The fourth-order valence-corrected chi connectivity index (χ4v) is 4.89. The normalized spacial score (nSPS) is 13.0. The van der Waals surface area contributed by atoms with Gasteiger partial charge in [0.2, 0.25) is 0 Å². The molecule has 0 fully saturated rings. The van der Waals surface area contributed by atoms with E-state index in [2.05, 4.69) is 15.6 Å². The number of halogens is 1. The third-order valence-electron chi connectivity index (χ3n) is 5.01. The molecule has 9 heteroatoms. The quantitative estimate of drug-likeness (QED) is 0.640. The summed E-state index contributed by atoms with van der Waals surface area (Å²) in [6.07, 6.45) is 1.67. The summed E-state index contributed by atoms with van der Waals surface area (Å²) in [6, 6.07) is 4.66. The van der Waals surface area contributed by atoms with Gasteiger partial charge >= 0.3 is 0 Å². The molecule has 3 heterocycles. The Morgan fingerprint density at radius 1 is 1.27 bits per heavy atom. The standard InChI is InChI=1S/C21H21ClN4O3S/c1-10(2)23-18(27)13-7-6-12(22)9-14(13)24-19(28)17-11(3)16-20(30-17)25-15-5-4-8-26(15)21(16)29/h6-7,9-10H,4-5,8H2,1-3H3,(H,23,27)(H,24,28). The molecule has 0 aliphatic carbocycles. The van der Waals surface area contributed by atoms with Crippen molar-refractivity contribution in [3.05, 3.63) is 55.4 Å². The Labute approximate surface area is 182 Å². The number of fused-ring (bicyclic) bond motifs is 2. The SMILES string of the molecule is Cc1c(C(=O)Nc2cc(Cl)ccc2C(=O)NC(C)C)sc2nc3n(c(=O)c12)CCC3. The number of nitrogens with zero attached hydrogens (tertiary/aromatic N) is 2. The van der Waals surface area contributed by atoms with Crippen LogP contribution in [0.2, 0.25) is 5.02 Å². The molecule has 2 aromatic heterocycles. The van der Waals surface area contributed by atoms with E-state index in [0.29, 0.717) is 43.5 Å². The Bertz CT molecular complexity index is 1250. The van der Waals surface area contributed by atoms with E-state index in [9.17, 15) is 14.4 Å². The van der Waals surface area contributed by atoms with Crippen LogP contribution in [0.5, 0.6) is 0 Å². The van der Waals surface area contributed by atoms with Crippen molar-refractivity contribution >= 4 is 50.7 Å². The monoisotopic (exact) mass is 444 g/mol. The third-order valence-corrected chi connectivity index (χ3v) is 6.43. The van der Waals surface area contributed by atoms with Crippen LogP contribution in [0.15, 0.2) is 23.0 Å². The van der Waals surface area contributed by atoms with Crippen molar-refractivity contribution in [2.24, 2.45) is 0 Å². The van der Waals surface area contributed by atoms with E-state index in [1.807, 2.05) is 13.8 Å². The predicted octanol–water partition coefficient (Wildman–Crippen LogP) is 3.76. The minimum atomic E-state index is -0.402. The van der Waals surface area contributed by atoms with E-state index in [4.69, 9.17) is 11.6 Å². The zero-order valence-electron chi connectivity index (χ0n) is 16.8. The average Bonchev–Trinajstić information content (AvgIpc) is 3.26. The molecular formula is C21H21ClN4O3S. The van der Waals surface area contributed by atoms with Crippen LogP contribution in [0.4, 0.5) is 5.69 Å². The molecule has 0 saturated carbocycles. The van der Waals surface area contributed by atoms with Gasteiger partial charge in [0.1, 0.15) is 10.7 Å². The predicted molar refractivity (Wildman–Crippen MR) is 119 cm³/mol. The van der Waals surface area contributed by atoms with Crippen LogP contribution < -0.4 is 16.2 Å². The van der Waals surface area contributed by atoms with Crippen LogP contribution in [-0.2, 0) is 13.0 Å². The number of aromatic nitrogens is 2. The molecule has 7 nitrogen and oxygen atoms in total. The fourth-order valence-electron chi connectivity index (χ4n) is 3.63. The Hall–Kier alpha value is -2.71. The fraction of sp³-hybridized carbons (Fsp3) is 0.333. The van der Waals surface area contributed by atoms with E-state index >= 15 is 0 Å². The number of benzene rings is 1. The lowest BCUT2D eigenvalue weighted by atomic mass is 10.1. The smallest absolute Gasteiger partial charge is 0.266 e. The first kappa shape index (κ1) is 20.6. The lowest BCUT2D eigenvalue weighted by Gasteiger charge is -2.13. The van der Waals surface area contributed by atoms with Crippen molar-refractivity contribution in [1.29, 1.82) is 0 Å². The lowest BCUT2D eigenvalue weighted by molar-refractivity contribution is 0.0944. The zero-order chi connectivity index (χ0) is 21.6. The molecular weight excluding hydrogens is 424 g/mol. The maximum Gasteiger partial charge on any atom is 0.266 e. The topological polar surface area (TPSA) is 93.1 Å². The van der Waals surface area contributed by atoms with Gasteiger partial charge in [0, 0.05) is 24.0 Å². The molecule has 30 heavy (non-hydrogen) atoms. The largest absolute Gasteiger partial charge is 0.350 e. The van der Waals surface area contributed by atoms with Gasteiger partial charge in [-0.2, -0.15) is 0 Å². The van der Waals surface area contributed by atoms with Crippen molar-refractivity contribution in [2.45, 2.75) is 46.2 Å². The van der Waals surface area contributed by atoms with E-state index in [1.54, 1.807) is 29.7 Å². The van der Waals surface area contributed by atoms with Crippen LogP contribution in [0.3, 0.4) is 0 Å². The van der Waals surface area contributed by atoms with Gasteiger partial charge in [-0.05, 0) is 51.0 Å². The highest BCUT2D eigenvalue weighted by molar-refractivity contribution is 7.20. The number of nitrogens with one attached hydrogen (secondary N) is 2. The number of aryl methyl sites for hydroxylation is 2. The molecule has 1 aromatic carbocycles. The summed E-state index contributed by atoms with van der Waals surface area (Å²) in [4.78, 5) is 44.0.